The molecule has 31 heavy (non-hydrogen) atoms. The molecule has 1 saturated carbocycles. The van der Waals surface area contributed by atoms with E-state index in [0.717, 1.165) is 42.9 Å². The standard InChI is InChI=1S/C26H39NO4/c1-27-15-14-20-16-23-25(31-18-30-23)26(29-2)24(20)21(27)17-22(28)19-12-10-8-6-4-3-5-7-9-11-13-19/h16,19,21H,3-15,17-18H2,1-2H3/t21-/m0/s1. The lowest BCUT2D eigenvalue weighted by molar-refractivity contribution is -0.124. The molecule has 0 radical (unpaired) electrons. The Morgan fingerprint density at radius 2 is 1.68 bits per heavy atom. The fourth-order valence-electron chi connectivity index (χ4n) is 5.63. The topological polar surface area (TPSA) is 48.0 Å². The molecule has 0 aromatic heterocycles. The van der Waals surface area contributed by atoms with Gasteiger partial charge in [0.05, 0.1) is 7.11 Å². The van der Waals surface area contributed by atoms with E-state index in [1.807, 2.05) is 0 Å². The minimum atomic E-state index is 0.0436. The summed E-state index contributed by atoms with van der Waals surface area (Å²) in [4.78, 5) is 15.9. The minimum absolute atomic E-state index is 0.0436. The molecular weight excluding hydrogens is 390 g/mol. The summed E-state index contributed by atoms with van der Waals surface area (Å²) in [6, 6.07) is 2.14. The fraction of sp³-hybridized carbons (Fsp3) is 0.731. The van der Waals surface area contributed by atoms with E-state index >= 15 is 0 Å². The van der Waals surface area contributed by atoms with Gasteiger partial charge in [-0.15, -0.1) is 0 Å². The van der Waals surface area contributed by atoms with Crippen LogP contribution in [0.2, 0.25) is 0 Å². The van der Waals surface area contributed by atoms with Crippen molar-refractivity contribution < 1.29 is 19.0 Å². The number of rotatable bonds is 4. The number of nitrogens with zero attached hydrogens (tertiary/aromatic N) is 1. The number of likely N-dealkylation sites (N-methyl/N-ethyl adjacent to an activating group) is 1. The summed E-state index contributed by atoms with van der Waals surface area (Å²) in [5.74, 6) is 2.86. The molecule has 1 fully saturated rings. The summed E-state index contributed by atoms with van der Waals surface area (Å²) >= 11 is 0. The van der Waals surface area contributed by atoms with Crippen molar-refractivity contribution in [2.24, 2.45) is 5.92 Å². The monoisotopic (exact) mass is 429 g/mol. The Bertz CT molecular complexity index is 750. The van der Waals surface area contributed by atoms with Crippen molar-refractivity contribution in [3.63, 3.8) is 0 Å². The summed E-state index contributed by atoms with van der Waals surface area (Å²) in [6.07, 6.45) is 15.3. The Morgan fingerprint density at radius 1 is 1.03 bits per heavy atom. The maximum atomic E-state index is 13.5. The van der Waals surface area contributed by atoms with Crippen LogP contribution in [-0.4, -0.2) is 38.2 Å². The Hall–Kier alpha value is -1.75. The first-order chi connectivity index (χ1) is 15.2. The molecule has 0 saturated heterocycles. The predicted molar refractivity (Wildman–Crippen MR) is 122 cm³/mol. The lowest BCUT2D eigenvalue weighted by Crippen LogP contribution is -2.35. The molecule has 2 aliphatic heterocycles. The van der Waals surface area contributed by atoms with E-state index in [9.17, 15) is 4.79 Å². The van der Waals surface area contributed by atoms with Gasteiger partial charge in [-0.2, -0.15) is 0 Å². The first-order valence-electron chi connectivity index (χ1n) is 12.4. The molecule has 1 aromatic carbocycles. The second kappa shape index (κ2) is 10.7. The molecule has 3 aliphatic rings. The maximum absolute atomic E-state index is 13.5. The van der Waals surface area contributed by atoms with Crippen molar-refractivity contribution in [3.8, 4) is 17.2 Å². The van der Waals surface area contributed by atoms with Crippen LogP contribution in [0.25, 0.3) is 0 Å². The number of methoxy groups -OCH3 is 1. The molecular formula is C26H39NO4. The van der Waals surface area contributed by atoms with Gasteiger partial charge in [0, 0.05) is 30.5 Å². The van der Waals surface area contributed by atoms with Gasteiger partial charge in [-0.3, -0.25) is 9.69 Å². The van der Waals surface area contributed by atoms with Crippen LogP contribution < -0.4 is 14.2 Å². The van der Waals surface area contributed by atoms with E-state index in [1.165, 1.54) is 63.4 Å². The van der Waals surface area contributed by atoms with Crippen molar-refractivity contribution in [2.75, 3.05) is 27.5 Å². The third-order valence-corrected chi connectivity index (χ3v) is 7.50. The highest BCUT2D eigenvalue weighted by Gasteiger charge is 2.35. The summed E-state index contributed by atoms with van der Waals surface area (Å²) in [5.41, 5.74) is 2.36. The van der Waals surface area contributed by atoms with Gasteiger partial charge in [-0.05, 0) is 37.9 Å². The number of fused-ring (bicyclic) bond motifs is 2. The summed E-state index contributed by atoms with van der Waals surface area (Å²) < 4.78 is 17.2. The largest absolute Gasteiger partial charge is 0.492 e. The molecule has 0 unspecified atom stereocenters. The molecule has 5 nitrogen and oxygen atoms in total. The molecule has 4 rings (SSSR count). The molecule has 0 bridgehead atoms. The maximum Gasteiger partial charge on any atom is 0.231 e. The number of hydrogen-bond donors (Lipinski definition) is 0. The van der Waals surface area contributed by atoms with E-state index in [-0.39, 0.29) is 18.8 Å². The van der Waals surface area contributed by atoms with Crippen molar-refractivity contribution >= 4 is 5.78 Å². The zero-order valence-electron chi connectivity index (χ0n) is 19.4. The third-order valence-electron chi connectivity index (χ3n) is 7.50. The Morgan fingerprint density at radius 3 is 2.32 bits per heavy atom. The van der Waals surface area contributed by atoms with E-state index in [0.29, 0.717) is 18.0 Å². The van der Waals surface area contributed by atoms with Crippen molar-refractivity contribution in [1.29, 1.82) is 0 Å². The van der Waals surface area contributed by atoms with Gasteiger partial charge in [-0.1, -0.05) is 57.8 Å². The zero-order valence-corrected chi connectivity index (χ0v) is 19.4. The average Bonchev–Trinajstić information content (AvgIpc) is 3.23. The smallest absolute Gasteiger partial charge is 0.231 e. The first-order valence-corrected chi connectivity index (χ1v) is 12.4. The van der Waals surface area contributed by atoms with Crippen LogP contribution in [0.4, 0.5) is 0 Å². The van der Waals surface area contributed by atoms with E-state index in [1.54, 1.807) is 7.11 Å². The predicted octanol–water partition coefficient (Wildman–Crippen LogP) is 5.83. The SMILES string of the molecule is COc1c2c(cc3c1[C@H](CC(=O)C1CCCCCCCCCCC1)N(C)CC3)OCO2. The summed E-state index contributed by atoms with van der Waals surface area (Å²) in [5, 5.41) is 0. The highest BCUT2D eigenvalue weighted by atomic mass is 16.7. The number of ether oxygens (including phenoxy) is 3. The molecule has 1 aromatic rings. The van der Waals surface area contributed by atoms with Crippen LogP contribution in [-0.2, 0) is 11.2 Å². The molecule has 0 N–H and O–H groups in total. The van der Waals surface area contributed by atoms with Crippen LogP contribution in [0.5, 0.6) is 17.2 Å². The molecule has 172 valence electrons. The third kappa shape index (κ3) is 5.19. The van der Waals surface area contributed by atoms with E-state index in [2.05, 4.69) is 18.0 Å². The molecule has 1 atom stereocenters. The van der Waals surface area contributed by atoms with Crippen LogP contribution in [0.3, 0.4) is 0 Å². The Balaban J connectivity index is 1.52. The normalized spacial score (nSPS) is 23.5. The van der Waals surface area contributed by atoms with Crippen molar-refractivity contribution in [2.45, 2.75) is 89.5 Å². The number of Topliss-reactive ketones (excluding diaryl/α,β-unsaturated/α-hetero) is 1. The lowest BCUT2D eigenvalue weighted by atomic mass is 9.83. The number of hydrogen-bond acceptors (Lipinski definition) is 5. The van der Waals surface area contributed by atoms with Crippen LogP contribution >= 0.6 is 0 Å². The van der Waals surface area contributed by atoms with Gasteiger partial charge in [0.1, 0.15) is 5.78 Å². The van der Waals surface area contributed by atoms with Gasteiger partial charge in [0.2, 0.25) is 12.5 Å². The second-order valence-corrected chi connectivity index (χ2v) is 9.59. The van der Waals surface area contributed by atoms with Gasteiger partial charge in [0.15, 0.2) is 11.5 Å². The van der Waals surface area contributed by atoms with Crippen LogP contribution in [0.1, 0.15) is 94.2 Å². The Labute approximate surface area is 187 Å². The number of carbonyl (C=O) groups excluding carboxylic acids is 1. The van der Waals surface area contributed by atoms with E-state index in [4.69, 9.17) is 14.2 Å². The van der Waals surface area contributed by atoms with Gasteiger partial charge in [0.25, 0.3) is 0 Å². The fourth-order valence-corrected chi connectivity index (χ4v) is 5.63. The quantitative estimate of drug-likeness (QED) is 0.602. The lowest BCUT2D eigenvalue weighted by Gasteiger charge is -2.36. The van der Waals surface area contributed by atoms with Crippen molar-refractivity contribution in [1.82, 2.24) is 4.90 Å². The molecule has 2 heterocycles. The number of benzene rings is 1. The van der Waals surface area contributed by atoms with Gasteiger partial charge >= 0.3 is 0 Å². The van der Waals surface area contributed by atoms with Crippen molar-refractivity contribution in [3.05, 3.63) is 17.2 Å². The van der Waals surface area contributed by atoms with Gasteiger partial charge < -0.3 is 14.2 Å². The van der Waals surface area contributed by atoms with E-state index < -0.39 is 0 Å². The zero-order chi connectivity index (χ0) is 21.6. The molecule has 5 heteroatoms. The summed E-state index contributed by atoms with van der Waals surface area (Å²) in [6.45, 7) is 1.18. The Kier molecular flexibility index (Phi) is 7.76. The van der Waals surface area contributed by atoms with Crippen LogP contribution in [0, 0.1) is 5.92 Å². The van der Waals surface area contributed by atoms with Gasteiger partial charge in [-0.25, -0.2) is 0 Å². The van der Waals surface area contributed by atoms with Crippen LogP contribution in [0.15, 0.2) is 6.07 Å². The number of carbonyl (C=O) groups is 1. The molecule has 1 aliphatic carbocycles. The number of ketones is 1. The average molecular weight is 430 g/mol. The minimum Gasteiger partial charge on any atom is -0.492 e. The molecule has 0 amide bonds. The first kappa shape index (κ1) is 22.4. The highest BCUT2D eigenvalue weighted by molar-refractivity contribution is 5.82. The second-order valence-electron chi connectivity index (χ2n) is 9.59. The highest BCUT2D eigenvalue weighted by Crippen LogP contribution is 2.50. The molecule has 0 spiro atoms. The summed E-state index contributed by atoms with van der Waals surface area (Å²) in [7, 11) is 3.82.